The number of H-pyrrole nitrogens is 2. The van der Waals surface area contributed by atoms with E-state index in [1.807, 2.05) is 84.9 Å². The Labute approximate surface area is 496 Å². The van der Waals surface area contributed by atoms with Crippen LogP contribution in [0.1, 0.15) is 146 Å². The molecule has 17 nitrogen and oxygen atoms in total. The minimum absolute atomic E-state index is 0. The van der Waals surface area contributed by atoms with Crippen LogP contribution in [-0.4, -0.2) is 98.4 Å². The van der Waals surface area contributed by atoms with E-state index < -0.39 is 17.9 Å². The summed E-state index contributed by atoms with van der Waals surface area (Å²) in [5.74, 6) is -0.851. The summed E-state index contributed by atoms with van der Waals surface area (Å²) in [7, 11) is 3.86. The Kier molecular flexibility index (Phi) is 45.9. The summed E-state index contributed by atoms with van der Waals surface area (Å²) in [6.07, 6.45) is 2.45. The molecule has 0 spiro atoms. The van der Waals surface area contributed by atoms with Gasteiger partial charge in [-0.25, -0.2) is 14.4 Å². The summed E-state index contributed by atoms with van der Waals surface area (Å²) in [4.78, 5) is 65.2. The number of carboxylic acids is 1. The number of carboxylic acid groups (broad SMARTS) is 1. The number of fused-ring (bicyclic) bond motifs is 2. The third-order valence-electron chi connectivity index (χ3n) is 9.97. The van der Waals surface area contributed by atoms with Crippen molar-refractivity contribution in [2.24, 2.45) is 10.2 Å². The van der Waals surface area contributed by atoms with Crippen molar-refractivity contribution in [3.05, 3.63) is 168 Å². The Hall–Kier alpha value is -5.61. The molecule has 0 aliphatic carbocycles. The number of hydrogen-bond acceptors (Lipinski definition) is 10. The van der Waals surface area contributed by atoms with Crippen LogP contribution in [-0.2, 0) is 63.4 Å². The molecule has 2 aromatic heterocycles. The molecule has 4 aromatic carbocycles. The van der Waals surface area contributed by atoms with Gasteiger partial charge in [-0.2, -0.15) is 0 Å². The van der Waals surface area contributed by atoms with Crippen molar-refractivity contribution < 1.29 is 114 Å². The van der Waals surface area contributed by atoms with E-state index in [1.165, 1.54) is 32.5 Å². The molecular weight excluding hydrogens is 1390 g/mol. The predicted octanol–water partition coefficient (Wildman–Crippen LogP) is 12.3. The number of nitrogens with one attached hydrogen (secondary N) is 2. The number of azide groups is 2. The topological polar surface area (TPSA) is 262 Å². The van der Waals surface area contributed by atoms with Crippen LogP contribution in [0.25, 0.3) is 48.8 Å². The number of carbonyl (C=O) groups excluding carboxylic acids is 4. The van der Waals surface area contributed by atoms with Gasteiger partial charge in [0.05, 0.1) is 21.3 Å². The number of aldehydes is 1. The van der Waals surface area contributed by atoms with Crippen LogP contribution in [0.4, 0.5) is 0 Å². The smallest absolute Gasteiger partial charge is 0.354 e. The number of benzene rings is 4. The normalized spacial score (nSPS) is 9.45. The molecule has 6 aromatic rings. The van der Waals surface area contributed by atoms with Crippen molar-refractivity contribution in [2.45, 2.75) is 86.5 Å². The first-order valence-electron chi connectivity index (χ1n) is 21.5. The molecule has 0 fully saturated rings. The maximum absolute atomic E-state index is 11.4. The van der Waals surface area contributed by atoms with E-state index in [1.54, 1.807) is 12.1 Å². The molecule has 6 rings (SSSR count). The monoisotopic (exact) mass is 1450 g/mol. The average molecular weight is 1450 g/mol. The maximum Gasteiger partial charge on any atom is 0.354 e. The van der Waals surface area contributed by atoms with Gasteiger partial charge < -0.3 is 29.3 Å². The summed E-state index contributed by atoms with van der Waals surface area (Å²) >= 11 is 0. The summed E-state index contributed by atoms with van der Waals surface area (Å²) in [5.41, 5.74) is 25.0. The molecule has 0 saturated heterocycles. The van der Waals surface area contributed by atoms with Crippen molar-refractivity contribution in [1.29, 1.82) is 0 Å². The molecule has 0 unspecified atom stereocenters. The minimum Gasteiger partial charge on any atom is -0.477 e. The number of esters is 3. The van der Waals surface area contributed by atoms with Gasteiger partial charge in [0.1, 0.15) is 29.9 Å². The van der Waals surface area contributed by atoms with E-state index in [2.05, 4.69) is 101 Å². The molecule has 3 N–H and O–H groups in total. The fraction of sp³-hybridized carbons (Fsp3) is 0.327. The van der Waals surface area contributed by atoms with Crippen LogP contribution in [0.15, 0.2) is 113 Å². The van der Waals surface area contributed by atoms with Crippen LogP contribution >= 0.6 is 0 Å². The van der Waals surface area contributed by atoms with Gasteiger partial charge in [-0.15, -0.1) is 0 Å². The van der Waals surface area contributed by atoms with Crippen molar-refractivity contribution in [3.8, 4) is 0 Å². The number of methoxy groups -OCH3 is 3. The summed E-state index contributed by atoms with van der Waals surface area (Å²) in [5, 5.41) is 17.3. The molecule has 390 valence electrons. The maximum atomic E-state index is 11.4. The first kappa shape index (κ1) is 80.8. The fourth-order valence-corrected chi connectivity index (χ4v) is 6.59. The summed E-state index contributed by atoms with van der Waals surface area (Å²) < 4.78 is 13.4. The number of carbonyl (C=O) groups is 5. The van der Waals surface area contributed by atoms with Crippen LogP contribution in [0, 0.1) is 31.1 Å². The van der Waals surface area contributed by atoms with E-state index in [-0.39, 0.29) is 127 Å². The van der Waals surface area contributed by atoms with Gasteiger partial charge in [0, 0.05) is 133 Å². The first-order valence-corrected chi connectivity index (χ1v) is 21.5. The standard InChI is InChI=1S/C13H15N3O2.C13H15NO2.C12H13NO2.C10H12O.C3H5N3O2.CH4.3B.U.V.W/c1-9(2)11-7-5-4-6-10(11)8-12(15-16-14)13(17)18-3;1-8(2)9-5-4-6-11-10(9)7-12(14-11)13(15)16-3;1-7(2)8-4-3-5-10-9(8)6-11(13-10)12(14)15;1-8(2)10-6-4-3-5-9(10)7-11;1-8-3(7)2-5-6-4;;;;;;;/h4-9H,1-3H3;4-8,14H,1-3H3;3-7,13H,1-2H3,(H,14,15);3-8H,1-2H3;2H2,1H3;1H4;;;;;;/b12-8-;;;;;;;;;;;. The predicted molar refractivity (Wildman–Crippen MR) is 289 cm³/mol. The second-order valence-electron chi connectivity index (χ2n) is 15.9. The Balaban J connectivity index is -0.000000198. The molecule has 0 amide bonds. The third kappa shape index (κ3) is 26.1. The molecule has 0 aliphatic heterocycles. The Morgan fingerprint density at radius 2 is 1.04 bits per heavy atom. The Bertz CT molecular complexity index is 2810. The minimum atomic E-state index is -0.916. The van der Waals surface area contributed by atoms with Crippen molar-refractivity contribution in [1.82, 2.24) is 9.97 Å². The first-order chi connectivity index (χ1) is 32.4. The van der Waals surface area contributed by atoms with Crippen LogP contribution in [0.5, 0.6) is 0 Å². The van der Waals surface area contributed by atoms with E-state index in [0.717, 1.165) is 50.3 Å². The number of ether oxygens (including phenoxy) is 3. The van der Waals surface area contributed by atoms with Crippen LogP contribution in [0.2, 0.25) is 0 Å². The molecule has 2 heterocycles. The second-order valence-corrected chi connectivity index (χ2v) is 15.9. The molecule has 10 radical (unpaired) electrons. The Morgan fingerprint density at radius 3 is 1.41 bits per heavy atom. The summed E-state index contributed by atoms with van der Waals surface area (Å²) in [6.45, 7) is 16.5. The number of aromatic amines is 2. The number of hydrogen-bond donors (Lipinski definition) is 3. The molecule has 23 heteroatoms. The van der Waals surface area contributed by atoms with Gasteiger partial charge in [0.25, 0.3) is 0 Å². The third-order valence-corrected chi connectivity index (χ3v) is 9.97. The number of aromatic nitrogens is 2. The van der Waals surface area contributed by atoms with Gasteiger partial charge in [-0.05, 0) is 92.9 Å². The van der Waals surface area contributed by atoms with Gasteiger partial charge >= 0.3 is 23.9 Å². The Morgan fingerprint density at radius 1 is 0.627 bits per heavy atom. The van der Waals surface area contributed by atoms with Gasteiger partial charge in [0.2, 0.25) is 0 Å². The van der Waals surface area contributed by atoms with E-state index in [9.17, 15) is 24.0 Å². The van der Waals surface area contributed by atoms with Crippen molar-refractivity contribution >= 4 is 83.3 Å². The zero-order chi connectivity index (χ0) is 50.9. The van der Waals surface area contributed by atoms with Crippen LogP contribution in [0.3, 0.4) is 0 Å². The molecule has 0 atom stereocenters. The van der Waals surface area contributed by atoms with E-state index in [4.69, 9.17) is 20.9 Å². The second kappa shape index (κ2) is 42.6. The van der Waals surface area contributed by atoms with Gasteiger partial charge in [-0.3, -0.25) is 9.59 Å². The molecule has 75 heavy (non-hydrogen) atoms. The van der Waals surface area contributed by atoms with Crippen molar-refractivity contribution in [3.63, 3.8) is 0 Å². The largest absolute Gasteiger partial charge is 0.477 e. The van der Waals surface area contributed by atoms with Crippen molar-refractivity contribution in [2.75, 3.05) is 27.9 Å². The molecule has 0 saturated carbocycles. The average Bonchev–Trinajstić information content (AvgIpc) is 3.99. The number of aromatic carboxylic acids is 1. The molecule has 0 aliphatic rings. The van der Waals surface area contributed by atoms with E-state index in [0.29, 0.717) is 29.4 Å². The zero-order valence-electron chi connectivity index (χ0n) is 43.4. The van der Waals surface area contributed by atoms with Gasteiger partial charge in [0.15, 0.2) is 0 Å². The molecular formula is C52H64B3N8O9UVW. The van der Waals surface area contributed by atoms with Crippen LogP contribution < -0.4 is 0 Å². The SMILES string of the molecule is C.CC(C)c1cccc2[nH]c(C(=O)O)cc12.CC(C)c1ccccc1C=O.COC(=O)/C(=C/c1ccccc1C(C)C)N=[N+]=[N-].COC(=O)CN=[N+]=[N-].COC(=O)c1cc2c(C(C)C)cccc2[nH]1.[B].[B].[B].[U].[V].[W]. The number of nitrogens with zero attached hydrogens (tertiary/aromatic N) is 6. The fourth-order valence-electron chi connectivity index (χ4n) is 6.59. The quantitative estimate of drug-likeness (QED) is 0.0153. The molecule has 0 bridgehead atoms. The van der Waals surface area contributed by atoms with Gasteiger partial charge in [-0.1, -0.05) is 146 Å². The summed E-state index contributed by atoms with van der Waals surface area (Å²) in [6, 6.07) is 30.8. The van der Waals surface area contributed by atoms with E-state index >= 15 is 0 Å². The number of rotatable bonds is 12. The zero-order valence-corrected chi connectivity index (χ0v) is 51.9.